The number of aryl methyl sites for hydroxylation is 1. The molecule has 0 bridgehead atoms. The Morgan fingerprint density at radius 3 is 1.95 bits per heavy atom. The Balaban J connectivity index is 1.43. The number of hydrogen-bond acceptors (Lipinski definition) is 5. The van der Waals surface area contributed by atoms with E-state index in [-0.39, 0.29) is 9.79 Å². The van der Waals surface area contributed by atoms with Crippen molar-refractivity contribution in [3.8, 4) is 0 Å². The van der Waals surface area contributed by atoms with E-state index in [1.54, 1.807) is 25.1 Å². The van der Waals surface area contributed by atoms with Crippen LogP contribution in [-0.4, -0.2) is 29.8 Å². The molecular weight excluding hydrogens is 546 g/mol. The molecule has 11 heteroatoms. The van der Waals surface area contributed by atoms with Crippen LogP contribution in [0.4, 0.5) is 17.1 Å². The van der Waals surface area contributed by atoms with Crippen LogP contribution >= 0.6 is 11.6 Å². The summed E-state index contributed by atoms with van der Waals surface area (Å²) in [6.45, 7) is 1.81. The van der Waals surface area contributed by atoms with Gasteiger partial charge in [-0.05, 0) is 91.3 Å². The molecule has 0 spiro atoms. The molecule has 0 aliphatic heterocycles. The second-order valence-corrected chi connectivity index (χ2v) is 12.5. The first kappa shape index (κ1) is 27.2. The van der Waals surface area contributed by atoms with Gasteiger partial charge in [0.1, 0.15) is 0 Å². The van der Waals surface area contributed by atoms with E-state index in [1.807, 2.05) is 6.07 Å². The fraction of sp³-hybridized carbons (Fsp3) is 0.0741. The van der Waals surface area contributed by atoms with E-state index < -0.39 is 26.0 Å². The van der Waals surface area contributed by atoms with Crippen molar-refractivity contribution in [2.45, 2.75) is 16.7 Å². The molecule has 4 aromatic rings. The second kappa shape index (κ2) is 10.9. The summed E-state index contributed by atoms with van der Waals surface area (Å²) >= 11 is 5.85. The number of nitrogens with zero attached hydrogens (tertiary/aromatic N) is 1. The zero-order chi connectivity index (χ0) is 27.5. The molecule has 196 valence electrons. The number of benzene rings is 4. The van der Waals surface area contributed by atoms with Crippen LogP contribution in [0.2, 0.25) is 5.02 Å². The zero-order valence-corrected chi connectivity index (χ0v) is 22.8. The van der Waals surface area contributed by atoms with Gasteiger partial charge in [0.25, 0.3) is 26.0 Å². The van der Waals surface area contributed by atoms with Gasteiger partial charge in [-0.25, -0.2) is 16.8 Å². The van der Waals surface area contributed by atoms with Crippen LogP contribution in [0.5, 0.6) is 0 Å². The monoisotopic (exact) mass is 569 g/mol. The summed E-state index contributed by atoms with van der Waals surface area (Å²) in [4.78, 5) is 12.9. The molecule has 0 aromatic heterocycles. The highest BCUT2D eigenvalue weighted by atomic mass is 35.5. The number of hydrogen-bond donors (Lipinski definition) is 2. The van der Waals surface area contributed by atoms with E-state index in [0.29, 0.717) is 27.6 Å². The second-order valence-electron chi connectivity index (χ2n) is 8.37. The summed E-state index contributed by atoms with van der Waals surface area (Å²) in [7, 11) is -6.19. The Morgan fingerprint density at radius 2 is 1.34 bits per heavy atom. The molecule has 1 amide bonds. The number of amides is 1. The highest BCUT2D eigenvalue weighted by Crippen LogP contribution is 2.24. The van der Waals surface area contributed by atoms with Gasteiger partial charge in [-0.3, -0.25) is 13.8 Å². The van der Waals surface area contributed by atoms with Crippen molar-refractivity contribution in [1.82, 2.24) is 0 Å². The van der Waals surface area contributed by atoms with Crippen molar-refractivity contribution in [2.24, 2.45) is 0 Å². The molecule has 4 aromatic carbocycles. The maximum atomic E-state index is 12.9. The molecule has 0 fully saturated rings. The number of rotatable bonds is 8. The first-order valence-corrected chi connectivity index (χ1v) is 14.6. The molecule has 0 saturated carbocycles. The van der Waals surface area contributed by atoms with Crippen molar-refractivity contribution in [3.63, 3.8) is 0 Å². The summed E-state index contributed by atoms with van der Waals surface area (Å²) < 4.78 is 54.9. The molecule has 0 heterocycles. The number of carbonyl (C=O) groups excluding carboxylic acids is 1. The topological polar surface area (TPSA) is 113 Å². The fourth-order valence-corrected chi connectivity index (χ4v) is 5.99. The van der Waals surface area contributed by atoms with Gasteiger partial charge < -0.3 is 5.32 Å². The number of carbonyl (C=O) groups is 1. The summed E-state index contributed by atoms with van der Waals surface area (Å²) in [6, 6.07) is 24.7. The van der Waals surface area contributed by atoms with E-state index in [4.69, 9.17) is 11.6 Å². The van der Waals surface area contributed by atoms with Gasteiger partial charge in [0.05, 0.1) is 21.2 Å². The van der Waals surface area contributed by atoms with E-state index in [9.17, 15) is 21.6 Å². The third kappa shape index (κ3) is 5.99. The Kier molecular flexibility index (Phi) is 7.77. The van der Waals surface area contributed by atoms with Gasteiger partial charge in [0, 0.05) is 23.3 Å². The van der Waals surface area contributed by atoms with Crippen LogP contribution in [0, 0.1) is 6.92 Å². The molecule has 4 rings (SSSR count). The minimum absolute atomic E-state index is 0.0491. The van der Waals surface area contributed by atoms with Crippen molar-refractivity contribution < 1.29 is 21.6 Å². The van der Waals surface area contributed by atoms with Crippen LogP contribution in [-0.2, 0) is 20.0 Å². The van der Waals surface area contributed by atoms with Crippen LogP contribution in [0.15, 0.2) is 107 Å². The highest BCUT2D eigenvalue weighted by molar-refractivity contribution is 7.93. The van der Waals surface area contributed by atoms with Gasteiger partial charge in [-0.1, -0.05) is 29.8 Å². The maximum absolute atomic E-state index is 12.9. The molecular formula is C27H24ClN3O5S2. The molecule has 0 atom stereocenters. The van der Waals surface area contributed by atoms with Crippen molar-refractivity contribution in [2.75, 3.05) is 21.4 Å². The van der Waals surface area contributed by atoms with Crippen LogP contribution in [0.3, 0.4) is 0 Å². The predicted molar refractivity (Wildman–Crippen MR) is 150 cm³/mol. The fourth-order valence-electron chi connectivity index (χ4n) is 3.54. The summed E-state index contributed by atoms with van der Waals surface area (Å²) in [6.07, 6.45) is 0. The first-order valence-electron chi connectivity index (χ1n) is 11.3. The minimum Gasteiger partial charge on any atom is -0.322 e. The number of nitrogens with one attached hydrogen (secondary N) is 2. The molecule has 0 radical (unpaired) electrons. The van der Waals surface area contributed by atoms with Crippen LogP contribution in [0.25, 0.3) is 0 Å². The van der Waals surface area contributed by atoms with Crippen LogP contribution in [0.1, 0.15) is 15.9 Å². The molecule has 2 N–H and O–H groups in total. The molecule has 0 aliphatic rings. The summed E-state index contributed by atoms with van der Waals surface area (Å²) in [5.74, 6) is -0.437. The number of sulfonamides is 2. The smallest absolute Gasteiger partial charge is 0.264 e. The van der Waals surface area contributed by atoms with Crippen molar-refractivity contribution in [1.29, 1.82) is 0 Å². The lowest BCUT2D eigenvalue weighted by Gasteiger charge is -2.20. The lowest BCUT2D eigenvalue weighted by atomic mass is 10.2. The van der Waals surface area contributed by atoms with Gasteiger partial charge in [0.2, 0.25) is 0 Å². The average molecular weight is 570 g/mol. The Labute approximate surface area is 227 Å². The highest BCUT2D eigenvalue weighted by Gasteiger charge is 2.21. The summed E-state index contributed by atoms with van der Waals surface area (Å²) in [5.41, 5.74) is 2.34. The number of anilines is 3. The van der Waals surface area contributed by atoms with E-state index in [0.717, 1.165) is 9.87 Å². The molecule has 38 heavy (non-hydrogen) atoms. The largest absolute Gasteiger partial charge is 0.322 e. The minimum atomic E-state index is -3.81. The maximum Gasteiger partial charge on any atom is 0.264 e. The SMILES string of the molecule is Cc1ccccc1NS(=O)(=O)c1ccc(NC(=O)c2ccc(N(C)S(=O)(=O)c3ccc(Cl)cc3)cc2)cc1. The average Bonchev–Trinajstić information content (AvgIpc) is 2.90. The third-order valence-corrected chi connectivity index (χ3v) is 9.21. The van der Waals surface area contributed by atoms with Crippen LogP contribution < -0.4 is 14.3 Å². The number of para-hydroxylation sites is 1. The van der Waals surface area contributed by atoms with E-state index in [1.165, 1.54) is 79.8 Å². The normalized spacial score (nSPS) is 11.6. The first-order chi connectivity index (χ1) is 18.0. The Bertz CT molecular complexity index is 1670. The molecule has 0 unspecified atom stereocenters. The van der Waals surface area contributed by atoms with Crippen molar-refractivity contribution in [3.05, 3.63) is 113 Å². The molecule has 8 nitrogen and oxygen atoms in total. The van der Waals surface area contributed by atoms with E-state index in [2.05, 4.69) is 10.0 Å². The van der Waals surface area contributed by atoms with Gasteiger partial charge in [0.15, 0.2) is 0 Å². The predicted octanol–water partition coefficient (Wildman–Crippen LogP) is 5.53. The Hall–Kier alpha value is -3.86. The molecule has 0 aliphatic carbocycles. The number of halogens is 1. The Morgan fingerprint density at radius 1 is 0.763 bits per heavy atom. The third-order valence-electron chi connectivity index (χ3n) is 5.78. The van der Waals surface area contributed by atoms with Crippen molar-refractivity contribution >= 4 is 54.6 Å². The van der Waals surface area contributed by atoms with E-state index >= 15 is 0 Å². The van der Waals surface area contributed by atoms with Gasteiger partial charge in [-0.15, -0.1) is 0 Å². The lowest BCUT2D eigenvalue weighted by Crippen LogP contribution is -2.26. The lowest BCUT2D eigenvalue weighted by molar-refractivity contribution is 0.102. The standard InChI is InChI=1S/C27H24ClN3O5S2/c1-19-5-3-4-6-26(19)30-37(33,34)24-17-11-22(12-18-24)29-27(32)20-7-13-23(14-8-20)31(2)38(35,36)25-15-9-21(28)10-16-25/h3-18,30H,1-2H3,(H,29,32). The summed E-state index contributed by atoms with van der Waals surface area (Å²) in [5, 5.41) is 3.14. The zero-order valence-electron chi connectivity index (χ0n) is 20.4. The van der Waals surface area contributed by atoms with Gasteiger partial charge >= 0.3 is 0 Å². The quantitative estimate of drug-likeness (QED) is 0.290. The molecule has 0 saturated heterocycles. The van der Waals surface area contributed by atoms with Gasteiger partial charge in [-0.2, -0.15) is 0 Å².